The smallest absolute Gasteiger partial charge is 0.253 e. The summed E-state index contributed by atoms with van der Waals surface area (Å²) in [6, 6.07) is 5.97. The van der Waals surface area contributed by atoms with Crippen LogP contribution >= 0.6 is 0 Å². The van der Waals surface area contributed by atoms with Gasteiger partial charge in [-0.25, -0.2) is 4.68 Å². The third-order valence-corrected chi connectivity index (χ3v) is 7.10. The summed E-state index contributed by atoms with van der Waals surface area (Å²) in [5, 5.41) is 13.9. The highest BCUT2D eigenvalue weighted by Crippen LogP contribution is 2.33. The van der Waals surface area contributed by atoms with E-state index in [0.29, 0.717) is 11.5 Å². The molecule has 31 heavy (non-hydrogen) atoms. The average molecular weight is 423 g/mol. The van der Waals surface area contributed by atoms with Gasteiger partial charge in [-0.15, -0.1) is 5.10 Å². The summed E-state index contributed by atoms with van der Waals surface area (Å²) in [6.07, 6.45) is 3.21. The van der Waals surface area contributed by atoms with E-state index in [2.05, 4.69) is 79.1 Å². The van der Waals surface area contributed by atoms with Gasteiger partial charge in [0.2, 0.25) is 0 Å². The van der Waals surface area contributed by atoms with Crippen LogP contribution in [0.25, 0.3) is 10.9 Å². The lowest BCUT2D eigenvalue weighted by Gasteiger charge is -2.37. The number of piperidine rings is 1. The van der Waals surface area contributed by atoms with Crippen LogP contribution in [0.1, 0.15) is 75.5 Å². The van der Waals surface area contributed by atoms with Crippen LogP contribution < -0.4 is 5.56 Å². The van der Waals surface area contributed by atoms with Crippen molar-refractivity contribution in [2.24, 2.45) is 5.92 Å². The van der Waals surface area contributed by atoms with Crippen LogP contribution in [0.4, 0.5) is 0 Å². The van der Waals surface area contributed by atoms with Gasteiger partial charge in [0.15, 0.2) is 5.82 Å². The first-order chi connectivity index (χ1) is 14.7. The zero-order valence-corrected chi connectivity index (χ0v) is 19.6. The molecule has 0 aliphatic carbocycles. The molecule has 0 bridgehead atoms. The normalized spacial score (nSPS) is 19.1. The topological polar surface area (TPSA) is 79.7 Å². The molecular formula is C24H34N6O. The second kappa shape index (κ2) is 8.19. The maximum absolute atomic E-state index is 13.4. The molecule has 166 valence electrons. The van der Waals surface area contributed by atoms with Crippen LogP contribution in [0.15, 0.2) is 23.0 Å². The van der Waals surface area contributed by atoms with Gasteiger partial charge in [0.25, 0.3) is 5.56 Å². The van der Waals surface area contributed by atoms with E-state index in [4.69, 9.17) is 0 Å². The Morgan fingerprint density at radius 3 is 2.77 bits per heavy atom. The van der Waals surface area contributed by atoms with Crippen molar-refractivity contribution in [3.05, 3.63) is 51.1 Å². The molecule has 1 aliphatic rings. The fourth-order valence-electron chi connectivity index (χ4n) is 4.65. The zero-order valence-electron chi connectivity index (χ0n) is 19.6. The maximum Gasteiger partial charge on any atom is 0.253 e. The Labute approximate surface area is 183 Å². The average Bonchev–Trinajstić information content (AvgIpc) is 3.22. The molecule has 3 heterocycles. The van der Waals surface area contributed by atoms with E-state index in [1.54, 1.807) is 0 Å². The van der Waals surface area contributed by atoms with Gasteiger partial charge in [0, 0.05) is 12.1 Å². The number of pyridine rings is 1. The molecule has 1 fully saturated rings. The molecule has 1 aliphatic heterocycles. The highest BCUT2D eigenvalue weighted by molar-refractivity contribution is 5.83. The zero-order chi connectivity index (χ0) is 22.3. The number of benzene rings is 1. The summed E-state index contributed by atoms with van der Waals surface area (Å²) in [4.78, 5) is 19.0. The Kier molecular flexibility index (Phi) is 5.73. The van der Waals surface area contributed by atoms with Crippen molar-refractivity contribution in [1.82, 2.24) is 30.1 Å². The fraction of sp³-hybridized carbons (Fsp3) is 0.583. The summed E-state index contributed by atoms with van der Waals surface area (Å²) < 4.78 is 1.92. The third kappa shape index (κ3) is 3.91. The van der Waals surface area contributed by atoms with Crippen LogP contribution in [0.2, 0.25) is 0 Å². The van der Waals surface area contributed by atoms with E-state index in [1.165, 1.54) is 12.0 Å². The lowest BCUT2D eigenvalue weighted by Crippen LogP contribution is -2.42. The molecule has 0 saturated carbocycles. The predicted molar refractivity (Wildman–Crippen MR) is 123 cm³/mol. The van der Waals surface area contributed by atoms with Crippen molar-refractivity contribution in [1.29, 1.82) is 0 Å². The molecule has 0 unspecified atom stereocenters. The van der Waals surface area contributed by atoms with E-state index in [1.807, 2.05) is 10.7 Å². The number of nitrogens with zero attached hydrogens (tertiary/aromatic N) is 5. The monoisotopic (exact) mass is 422 g/mol. The maximum atomic E-state index is 13.4. The number of tetrazole rings is 1. The number of hydrogen-bond acceptors (Lipinski definition) is 5. The lowest BCUT2D eigenvalue weighted by atomic mass is 9.94. The highest BCUT2D eigenvalue weighted by atomic mass is 16.1. The lowest BCUT2D eigenvalue weighted by molar-refractivity contribution is 0.135. The number of hydrogen-bond donors (Lipinski definition) is 1. The fourth-order valence-corrected chi connectivity index (χ4v) is 4.65. The predicted octanol–water partition coefficient (Wildman–Crippen LogP) is 4.10. The number of rotatable bonds is 5. The minimum absolute atomic E-state index is 0.0618. The number of H-pyrrole nitrogens is 1. The van der Waals surface area contributed by atoms with Crippen molar-refractivity contribution in [3.8, 4) is 0 Å². The largest absolute Gasteiger partial charge is 0.321 e. The van der Waals surface area contributed by atoms with E-state index < -0.39 is 0 Å². The van der Waals surface area contributed by atoms with E-state index in [-0.39, 0.29) is 17.1 Å². The number of aryl methyl sites for hydroxylation is 2. The Bertz CT molecular complexity index is 1140. The molecule has 1 saturated heterocycles. The van der Waals surface area contributed by atoms with Gasteiger partial charge in [-0.2, -0.15) is 0 Å². The van der Waals surface area contributed by atoms with E-state index in [9.17, 15) is 4.79 Å². The van der Waals surface area contributed by atoms with E-state index >= 15 is 0 Å². The van der Waals surface area contributed by atoms with Crippen LogP contribution in [-0.4, -0.2) is 43.2 Å². The number of likely N-dealkylation sites (tertiary alicyclic amines) is 1. The summed E-state index contributed by atoms with van der Waals surface area (Å²) in [5.74, 6) is 1.32. The van der Waals surface area contributed by atoms with Gasteiger partial charge < -0.3 is 4.98 Å². The van der Waals surface area contributed by atoms with Gasteiger partial charge in [-0.1, -0.05) is 26.0 Å². The Balaban J connectivity index is 1.93. The van der Waals surface area contributed by atoms with Gasteiger partial charge in [-0.3, -0.25) is 9.69 Å². The standard InChI is InChI=1S/C24H34N6O/c1-7-24(5,6)30-22(26-27-28-30)21(29-12-8-9-15(2)14-29)19-13-18-11-10-16(3)17(4)20(18)25-23(19)31/h10-11,13,15,21H,7-9,12,14H2,1-6H3,(H,25,31)/t15-,21-/m0/s1. The number of aromatic amines is 1. The van der Waals surface area contributed by atoms with E-state index in [0.717, 1.165) is 48.2 Å². The second-order valence-corrected chi connectivity index (χ2v) is 9.79. The molecule has 1 N–H and O–H groups in total. The Morgan fingerprint density at radius 1 is 1.29 bits per heavy atom. The van der Waals surface area contributed by atoms with Gasteiger partial charge >= 0.3 is 0 Å². The molecule has 2 atom stereocenters. The number of fused-ring (bicyclic) bond motifs is 1. The second-order valence-electron chi connectivity index (χ2n) is 9.79. The summed E-state index contributed by atoms with van der Waals surface area (Å²) in [7, 11) is 0. The molecule has 0 amide bonds. The summed E-state index contributed by atoms with van der Waals surface area (Å²) >= 11 is 0. The van der Waals surface area contributed by atoms with Crippen molar-refractivity contribution in [2.75, 3.05) is 13.1 Å². The van der Waals surface area contributed by atoms with Crippen molar-refractivity contribution >= 4 is 10.9 Å². The minimum atomic E-state index is -0.279. The molecular weight excluding hydrogens is 388 g/mol. The summed E-state index contributed by atoms with van der Waals surface area (Å²) in [5.41, 5.74) is 3.61. The SMILES string of the molecule is CCC(C)(C)n1nnnc1[C@H](c1cc2ccc(C)c(C)c2[nH]c1=O)N1CCC[C@H](C)C1. The highest BCUT2D eigenvalue weighted by Gasteiger charge is 2.35. The Morgan fingerprint density at radius 2 is 2.06 bits per heavy atom. The first kappa shape index (κ1) is 21.7. The molecule has 7 nitrogen and oxygen atoms in total. The molecule has 0 radical (unpaired) electrons. The Hall–Kier alpha value is -2.54. The summed E-state index contributed by atoms with van der Waals surface area (Å²) in [6.45, 7) is 14.7. The van der Waals surface area contributed by atoms with Crippen LogP contribution in [0.5, 0.6) is 0 Å². The van der Waals surface area contributed by atoms with Crippen LogP contribution in [-0.2, 0) is 5.54 Å². The van der Waals surface area contributed by atoms with Crippen LogP contribution in [0, 0.1) is 19.8 Å². The number of aromatic nitrogens is 5. The van der Waals surface area contributed by atoms with Crippen molar-refractivity contribution in [2.45, 2.75) is 72.4 Å². The van der Waals surface area contributed by atoms with Gasteiger partial charge in [0.05, 0.1) is 11.1 Å². The molecule has 4 rings (SSSR count). The number of nitrogens with one attached hydrogen (secondary N) is 1. The van der Waals surface area contributed by atoms with Gasteiger partial charge in [0.1, 0.15) is 6.04 Å². The third-order valence-electron chi connectivity index (χ3n) is 7.10. The first-order valence-electron chi connectivity index (χ1n) is 11.4. The molecule has 1 aromatic carbocycles. The van der Waals surface area contributed by atoms with Crippen molar-refractivity contribution in [3.63, 3.8) is 0 Å². The quantitative estimate of drug-likeness (QED) is 0.670. The molecule has 7 heteroatoms. The van der Waals surface area contributed by atoms with Crippen molar-refractivity contribution < 1.29 is 0 Å². The van der Waals surface area contributed by atoms with Gasteiger partial charge in [-0.05, 0) is 92.4 Å². The molecule has 0 spiro atoms. The first-order valence-corrected chi connectivity index (χ1v) is 11.4. The molecule has 2 aromatic heterocycles. The molecule has 3 aromatic rings. The van der Waals surface area contributed by atoms with Crippen LogP contribution in [0.3, 0.4) is 0 Å². The minimum Gasteiger partial charge on any atom is -0.321 e.